The molecule has 0 aliphatic carbocycles. The quantitative estimate of drug-likeness (QED) is 0.468. The Bertz CT molecular complexity index is 1050. The van der Waals surface area contributed by atoms with Crippen LogP contribution in [0.5, 0.6) is 0 Å². The van der Waals surface area contributed by atoms with Gasteiger partial charge < -0.3 is 4.57 Å². The largest absolute Gasteiger partial charge is 0.324 e. The number of hydrogen-bond acceptors (Lipinski definition) is 3. The van der Waals surface area contributed by atoms with Crippen LogP contribution >= 0.6 is 11.6 Å². The summed E-state index contributed by atoms with van der Waals surface area (Å²) in [6.45, 7) is 0.697. The fourth-order valence-corrected chi connectivity index (χ4v) is 3.38. The average Bonchev–Trinajstić information content (AvgIpc) is 3.17. The number of halogens is 1. The second-order valence-electron chi connectivity index (χ2n) is 5.65. The van der Waals surface area contributed by atoms with Gasteiger partial charge in [0.15, 0.2) is 11.6 Å². The lowest BCUT2D eigenvalue weighted by molar-refractivity contribution is 0.817. The second-order valence-corrected chi connectivity index (χ2v) is 6.04. The first-order chi connectivity index (χ1) is 11.8. The standard InChI is InChI=1S/C18H12ClN5/c19-16-9-8-15-18-22-21-17(13-6-3-4-10-20-13)24(18)14-7-2-1-5-12(14)11-23(15)16/h1-10H,11H2. The van der Waals surface area contributed by atoms with Crippen molar-refractivity contribution in [1.29, 1.82) is 0 Å². The number of fused-ring (bicyclic) bond motifs is 5. The van der Waals surface area contributed by atoms with Crippen molar-refractivity contribution in [2.75, 3.05) is 0 Å². The topological polar surface area (TPSA) is 48.5 Å². The number of benzene rings is 1. The monoisotopic (exact) mass is 333 g/mol. The van der Waals surface area contributed by atoms with Crippen LogP contribution in [0.15, 0.2) is 60.8 Å². The molecule has 1 aliphatic heterocycles. The van der Waals surface area contributed by atoms with Gasteiger partial charge >= 0.3 is 0 Å². The van der Waals surface area contributed by atoms with Gasteiger partial charge in [-0.05, 0) is 35.9 Å². The van der Waals surface area contributed by atoms with Crippen LogP contribution in [0.3, 0.4) is 0 Å². The molecule has 1 aromatic carbocycles. The molecule has 0 unspecified atom stereocenters. The minimum absolute atomic E-state index is 0.690. The third kappa shape index (κ3) is 1.85. The maximum Gasteiger partial charge on any atom is 0.187 e. The number of rotatable bonds is 1. The van der Waals surface area contributed by atoms with E-state index in [4.69, 9.17) is 11.6 Å². The summed E-state index contributed by atoms with van der Waals surface area (Å²) in [5.41, 5.74) is 3.95. The van der Waals surface area contributed by atoms with Crippen molar-refractivity contribution < 1.29 is 0 Å². The molecule has 0 saturated heterocycles. The molecule has 6 heteroatoms. The molecule has 0 bridgehead atoms. The van der Waals surface area contributed by atoms with Gasteiger partial charge in [-0.1, -0.05) is 35.9 Å². The van der Waals surface area contributed by atoms with Crippen LogP contribution in [0.25, 0.3) is 28.7 Å². The van der Waals surface area contributed by atoms with Gasteiger partial charge in [0.25, 0.3) is 0 Å². The third-order valence-electron chi connectivity index (χ3n) is 4.27. The summed E-state index contributed by atoms with van der Waals surface area (Å²) in [6.07, 6.45) is 1.76. The molecule has 0 atom stereocenters. The second kappa shape index (κ2) is 5.04. The van der Waals surface area contributed by atoms with E-state index in [0.29, 0.717) is 11.7 Å². The van der Waals surface area contributed by atoms with Crippen LogP contribution in [0.1, 0.15) is 5.56 Å². The highest BCUT2D eigenvalue weighted by molar-refractivity contribution is 6.30. The lowest BCUT2D eigenvalue weighted by atomic mass is 10.1. The van der Waals surface area contributed by atoms with Crippen molar-refractivity contribution >= 4 is 11.6 Å². The Morgan fingerprint density at radius 2 is 1.71 bits per heavy atom. The zero-order valence-corrected chi connectivity index (χ0v) is 13.4. The number of pyridine rings is 1. The Morgan fingerprint density at radius 3 is 2.58 bits per heavy atom. The highest BCUT2D eigenvalue weighted by Gasteiger charge is 2.25. The molecule has 4 heterocycles. The smallest absolute Gasteiger partial charge is 0.187 e. The Hall–Kier alpha value is -2.92. The summed E-state index contributed by atoms with van der Waals surface area (Å²) < 4.78 is 4.11. The zero-order chi connectivity index (χ0) is 16.1. The molecule has 1 aliphatic rings. The first-order valence-corrected chi connectivity index (χ1v) is 8.01. The first kappa shape index (κ1) is 13.5. The Balaban J connectivity index is 1.88. The van der Waals surface area contributed by atoms with Gasteiger partial charge in [-0.25, -0.2) is 0 Å². The molecule has 0 N–H and O–H groups in total. The van der Waals surface area contributed by atoms with Crippen LogP contribution in [-0.2, 0) is 6.54 Å². The Morgan fingerprint density at radius 1 is 0.875 bits per heavy atom. The van der Waals surface area contributed by atoms with E-state index in [2.05, 4.69) is 36.4 Å². The van der Waals surface area contributed by atoms with Crippen molar-refractivity contribution in [1.82, 2.24) is 24.3 Å². The molecule has 24 heavy (non-hydrogen) atoms. The summed E-state index contributed by atoms with van der Waals surface area (Å²) in [7, 11) is 0. The van der Waals surface area contributed by atoms with Crippen molar-refractivity contribution in [3.05, 3.63) is 71.5 Å². The van der Waals surface area contributed by atoms with Gasteiger partial charge in [-0.3, -0.25) is 9.55 Å². The molecule has 4 aromatic rings. The minimum atomic E-state index is 0.690. The molecule has 0 fully saturated rings. The highest BCUT2D eigenvalue weighted by atomic mass is 35.5. The molecule has 0 spiro atoms. The predicted octanol–water partition coefficient (Wildman–Crippen LogP) is 3.81. The van der Waals surface area contributed by atoms with E-state index in [1.54, 1.807) is 6.20 Å². The number of hydrogen-bond donors (Lipinski definition) is 0. The van der Waals surface area contributed by atoms with Gasteiger partial charge in [-0.15, -0.1) is 10.2 Å². The molecule has 116 valence electrons. The van der Waals surface area contributed by atoms with Crippen molar-refractivity contribution in [2.24, 2.45) is 0 Å². The average molecular weight is 334 g/mol. The lowest BCUT2D eigenvalue weighted by Crippen LogP contribution is -2.02. The number of aromatic nitrogens is 5. The van der Waals surface area contributed by atoms with Crippen LogP contribution in [0.2, 0.25) is 5.15 Å². The van der Waals surface area contributed by atoms with Crippen LogP contribution < -0.4 is 0 Å². The van der Waals surface area contributed by atoms with E-state index in [-0.39, 0.29) is 0 Å². The van der Waals surface area contributed by atoms with E-state index >= 15 is 0 Å². The van der Waals surface area contributed by atoms with Gasteiger partial charge in [0, 0.05) is 6.20 Å². The molecular weight excluding hydrogens is 322 g/mol. The Labute approximate surface area is 143 Å². The van der Waals surface area contributed by atoms with Crippen molar-refractivity contribution in [3.63, 3.8) is 0 Å². The summed E-state index contributed by atoms with van der Waals surface area (Å²) in [5, 5.41) is 9.54. The summed E-state index contributed by atoms with van der Waals surface area (Å²) in [6, 6.07) is 17.9. The first-order valence-electron chi connectivity index (χ1n) is 7.63. The van der Waals surface area contributed by atoms with E-state index in [1.165, 1.54) is 0 Å². The minimum Gasteiger partial charge on any atom is -0.324 e. The summed E-state index contributed by atoms with van der Waals surface area (Å²) in [4.78, 5) is 4.44. The van der Waals surface area contributed by atoms with E-state index < -0.39 is 0 Å². The Kier molecular flexibility index (Phi) is 2.84. The van der Waals surface area contributed by atoms with Crippen molar-refractivity contribution in [2.45, 2.75) is 6.54 Å². The lowest BCUT2D eigenvalue weighted by Gasteiger charge is -2.11. The zero-order valence-electron chi connectivity index (χ0n) is 12.6. The molecule has 5 rings (SSSR count). The van der Waals surface area contributed by atoms with Gasteiger partial charge in [0.2, 0.25) is 0 Å². The highest BCUT2D eigenvalue weighted by Crippen LogP contribution is 2.35. The van der Waals surface area contributed by atoms with Gasteiger partial charge in [0.1, 0.15) is 10.8 Å². The molecule has 0 saturated carbocycles. The van der Waals surface area contributed by atoms with Crippen LogP contribution in [0, 0.1) is 0 Å². The predicted molar refractivity (Wildman–Crippen MR) is 92.1 cm³/mol. The third-order valence-corrected chi connectivity index (χ3v) is 4.60. The maximum atomic E-state index is 6.38. The maximum absolute atomic E-state index is 6.38. The van der Waals surface area contributed by atoms with Gasteiger partial charge in [-0.2, -0.15) is 0 Å². The molecule has 5 nitrogen and oxygen atoms in total. The van der Waals surface area contributed by atoms with Crippen LogP contribution in [-0.4, -0.2) is 24.3 Å². The fourth-order valence-electron chi connectivity index (χ4n) is 3.17. The SMILES string of the molecule is Clc1ccc2n1Cc1ccccc1-n1c(-c3ccccn3)nnc1-2. The summed E-state index contributed by atoms with van der Waals surface area (Å²) >= 11 is 6.38. The van der Waals surface area contributed by atoms with Gasteiger partial charge in [0.05, 0.1) is 17.9 Å². The normalized spacial score (nSPS) is 12.2. The molecule has 0 radical (unpaired) electrons. The van der Waals surface area contributed by atoms with Crippen LogP contribution in [0.4, 0.5) is 0 Å². The van der Waals surface area contributed by atoms with E-state index in [1.807, 2.05) is 42.5 Å². The molecule has 3 aromatic heterocycles. The number of nitrogens with zero attached hydrogens (tertiary/aromatic N) is 5. The molecule has 0 amide bonds. The van der Waals surface area contributed by atoms with E-state index in [0.717, 1.165) is 34.3 Å². The fraction of sp³-hybridized carbons (Fsp3) is 0.0556. The summed E-state index contributed by atoms with van der Waals surface area (Å²) in [5.74, 6) is 1.50. The molecular formula is C18H12ClN5. The van der Waals surface area contributed by atoms with Crippen molar-refractivity contribution in [3.8, 4) is 28.7 Å². The van der Waals surface area contributed by atoms with E-state index in [9.17, 15) is 0 Å². The number of para-hydroxylation sites is 1.